The molecule has 19 heavy (non-hydrogen) atoms. The van der Waals surface area contributed by atoms with E-state index in [-0.39, 0.29) is 16.6 Å². The molecule has 7 nitrogen and oxygen atoms in total. The van der Waals surface area contributed by atoms with Crippen molar-refractivity contribution < 1.29 is 14.7 Å². The van der Waals surface area contributed by atoms with Crippen LogP contribution >= 0.6 is 11.8 Å². The van der Waals surface area contributed by atoms with Gasteiger partial charge in [0.25, 0.3) is 11.5 Å². The van der Waals surface area contributed by atoms with Crippen molar-refractivity contribution in [3.63, 3.8) is 0 Å². The summed E-state index contributed by atoms with van der Waals surface area (Å²) in [5, 5.41) is 12.7. The molecule has 1 amide bonds. The van der Waals surface area contributed by atoms with Crippen molar-refractivity contribution >= 4 is 23.6 Å². The first kappa shape index (κ1) is 13.6. The SMILES string of the molecule is CC1SCC(C(=O)O)N1C(=O)c1ccc(=O)n(C)n1. The molecule has 2 heterocycles. The Hall–Kier alpha value is -1.83. The van der Waals surface area contributed by atoms with Crippen LogP contribution in [0, 0.1) is 0 Å². The Labute approximate surface area is 113 Å². The zero-order valence-corrected chi connectivity index (χ0v) is 11.3. The standard InChI is InChI=1S/C11H13N3O4S/c1-6-14(8(5-19-6)11(17)18)10(16)7-3-4-9(15)13(2)12-7/h3-4,6,8H,5H2,1-2H3,(H,17,18). The summed E-state index contributed by atoms with van der Waals surface area (Å²) in [5.74, 6) is -1.15. The van der Waals surface area contributed by atoms with Crippen molar-refractivity contribution in [3.05, 3.63) is 28.2 Å². The molecular weight excluding hydrogens is 270 g/mol. The van der Waals surface area contributed by atoms with Crippen molar-refractivity contribution in [2.75, 3.05) is 5.75 Å². The molecule has 8 heteroatoms. The summed E-state index contributed by atoms with van der Waals surface area (Å²) in [6.07, 6.45) is 0. The molecule has 1 aromatic rings. The van der Waals surface area contributed by atoms with Crippen molar-refractivity contribution in [3.8, 4) is 0 Å². The van der Waals surface area contributed by atoms with E-state index in [1.807, 2.05) is 0 Å². The second kappa shape index (κ2) is 5.04. The van der Waals surface area contributed by atoms with Gasteiger partial charge in [-0.15, -0.1) is 11.8 Å². The number of rotatable bonds is 2. The Morgan fingerprint density at radius 2 is 2.16 bits per heavy atom. The third-order valence-electron chi connectivity index (χ3n) is 2.92. The second-order valence-corrected chi connectivity index (χ2v) is 5.53. The van der Waals surface area contributed by atoms with E-state index in [0.717, 1.165) is 4.68 Å². The van der Waals surface area contributed by atoms with E-state index in [9.17, 15) is 14.4 Å². The summed E-state index contributed by atoms with van der Waals surface area (Å²) in [4.78, 5) is 36.0. The summed E-state index contributed by atoms with van der Waals surface area (Å²) in [6.45, 7) is 1.77. The van der Waals surface area contributed by atoms with Gasteiger partial charge in [-0.2, -0.15) is 5.10 Å². The number of carboxylic acids is 1. The van der Waals surface area contributed by atoms with Gasteiger partial charge in [0, 0.05) is 18.9 Å². The number of carbonyl (C=O) groups excluding carboxylic acids is 1. The highest BCUT2D eigenvalue weighted by atomic mass is 32.2. The normalized spacial score (nSPS) is 22.5. The minimum Gasteiger partial charge on any atom is -0.480 e. The lowest BCUT2D eigenvalue weighted by atomic mass is 10.2. The molecule has 0 aromatic carbocycles. The van der Waals surface area contributed by atoms with Crippen molar-refractivity contribution in [1.82, 2.24) is 14.7 Å². The highest BCUT2D eigenvalue weighted by Gasteiger charge is 2.40. The van der Waals surface area contributed by atoms with Crippen LogP contribution in [-0.4, -0.2) is 48.8 Å². The molecular formula is C11H13N3O4S. The lowest BCUT2D eigenvalue weighted by molar-refractivity contribution is -0.141. The summed E-state index contributed by atoms with van der Waals surface area (Å²) < 4.78 is 1.05. The number of thioether (sulfide) groups is 1. The average Bonchev–Trinajstić information content (AvgIpc) is 2.74. The second-order valence-electron chi connectivity index (χ2n) is 4.18. The van der Waals surface area contributed by atoms with E-state index >= 15 is 0 Å². The molecule has 1 N–H and O–H groups in total. The molecule has 1 fully saturated rings. The molecule has 0 spiro atoms. The van der Waals surface area contributed by atoms with E-state index in [1.54, 1.807) is 6.92 Å². The summed E-state index contributed by atoms with van der Waals surface area (Å²) in [5.41, 5.74) is -0.252. The Morgan fingerprint density at radius 1 is 1.47 bits per heavy atom. The minimum atomic E-state index is -1.03. The van der Waals surface area contributed by atoms with Crippen molar-refractivity contribution in [1.29, 1.82) is 0 Å². The monoisotopic (exact) mass is 283 g/mol. The van der Waals surface area contributed by atoms with Crippen LogP contribution in [0.2, 0.25) is 0 Å². The van der Waals surface area contributed by atoms with Gasteiger partial charge in [0.2, 0.25) is 0 Å². The number of hydrogen-bond acceptors (Lipinski definition) is 5. The Morgan fingerprint density at radius 3 is 2.74 bits per heavy atom. The first-order chi connectivity index (χ1) is 8.91. The topological polar surface area (TPSA) is 92.5 Å². The Bertz CT molecular complexity index is 586. The smallest absolute Gasteiger partial charge is 0.327 e. The molecule has 1 aliphatic heterocycles. The zero-order valence-electron chi connectivity index (χ0n) is 10.4. The van der Waals surface area contributed by atoms with E-state index in [0.29, 0.717) is 5.75 Å². The highest BCUT2D eigenvalue weighted by molar-refractivity contribution is 8.00. The summed E-state index contributed by atoms with van der Waals surface area (Å²) >= 11 is 1.40. The fourth-order valence-corrected chi connectivity index (χ4v) is 3.06. The van der Waals surface area contributed by atoms with Gasteiger partial charge in [-0.05, 0) is 13.0 Å². The van der Waals surface area contributed by atoms with Gasteiger partial charge in [-0.3, -0.25) is 9.59 Å². The van der Waals surface area contributed by atoms with Gasteiger partial charge in [-0.25, -0.2) is 9.48 Å². The molecule has 1 saturated heterocycles. The number of carbonyl (C=O) groups is 2. The van der Waals surface area contributed by atoms with Crippen molar-refractivity contribution in [2.24, 2.45) is 7.05 Å². The Balaban J connectivity index is 2.34. The molecule has 102 valence electrons. The molecule has 0 radical (unpaired) electrons. The molecule has 1 aromatic heterocycles. The van der Waals surface area contributed by atoms with E-state index in [2.05, 4.69) is 5.10 Å². The van der Waals surface area contributed by atoms with Crippen molar-refractivity contribution in [2.45, 2.75) is 18.3 Å². The zero-order chi connectivity index (χ0) is 14.2. The van der Waals surface area contributed by atoms with Crippen LogP contribution in [-0.2, 0) is 11.8 Å². The van der Waals surface area contributed by atoms with Crippen LogP contribution < -0.4 is 5.56 Å². The fraction of sp³-hybridized carbons (Fsp3) is 0.455. The lowest BCUT2D eigenvalue weighted by Gasteiger charge is -2.24. The fourth-order valence-electron chi connectivity index (χ4n) is 1.89. The third-order valence-corrected chi connectivity index (χ3v) is 4.14. The van der Waals surface area contributed by atoms with Gasteiger partial charge in [0.1, 0.15) is 11.7 Å². The van der Waals surface area contributed by atoms with E-state index in [1.165, 1.54) is 35.8 Å². The maximum atomic E-state index is 12.3. The highest BCUT2D eigenvalue weighted by Crippen LogP contribution is 2.29. The molecule has 2 unspecified atom stereocenters. The van der Waals surface area contributed by atoms with Gasteiger partial charge in [0.05, 0.1) is 5.37 Å². The predicted molar refractivity (Wildman–Crippen MR) is 69.0 cm³/mol. The minimum absolute atomic E-state index is 0.0719. The molecule has 1 aliphatic rings. The number of amides is 1. The average molecular weight is 283 g/mol. The predicted octanol–water partition coefficient (Wildman–Crippen LogP) is -0.232. The van der Waals surface area contributed by atoms with Gasteiger partial charge in [0.15, 0.2) is 0 Å². The lowest BCUT2D eigenvalue weighted by Crippen LogP contribution is -2.45. The first-order valence-electron chi connectivity index (χ1n) is 5.63. The first-order valence-corrected chi connectivity index (χ1v) is 6.68. The van der Waals surface area contributed by atoms with Gasteiger partial charge < -0.3 is 10.0 Å². The van der Waals surface area contributed by atoms with Crippen LogP contribution in [0.5, 0.6) is 0 Å². The van der Waals surface area contributed by atoms with Crippen LogP contribution in [0.1, 0.15) is 17.4 Å². The number of carboxylic acid groups (broad SMARTS) is 1. The summed E-state index contributed by atoms with van der Waals surface area (Å²) in [7, 11) is 1.44. The Kier molecular flexibility index (Phi) is 3.61. The van der Waals surface area contributed by atoms with Crippen LogP contribution in [0.15, 0.2) is 16.9 Å². The maximum absolute atomic E-state index is 12.3. The number of nitrogens with zero attached hydrogens (tertiary/aromatic N) is 3. The summed E-state index contributed by atoms with van der Waals surface area (Å²) in [6, 6.07) is 1.70. The molecule has 2 atom stereocenters. The van der Waals surface area contributed by atoms with Crippen LogP contribution in [0.4, 0.5) is 0 Å². The molecule has 0 aliphatic carbocycles. The number of aliphatic carboxylic acids is 1. The van der Waals surface area contributed by atoms with Gasteiger partial charge >= 0.3 is 5.97 Å². The van der Waals surface area contributed by atoms with E-state index in [4.69, 9.17) is 5.11 Å². The largest absolute Gasteiger partial charge is 0.480 e. The van der Waals surface area contributed by atoms with Crippen LogP contribution in [0.3, 0.4) is 0 Å². The number of aryl methyl sites for hydroxylation is 1. The van der Waals surface area contributed by atoms with Crippen LogP contribution in [0.25, 0.3) is 0 Å². The number of hydrogen-bond donors (Lipinski definition) is 1. The molecule has 2 rings (SSSR count). The quantitative estimate of drug-likeness (QED) is 0.806. The molecule has 0 saturated carbocycles. The van der Waals surface area contributed by atoms with E-state index < -0.39 is 17.9 Å². The molecule has 0 bridgehead atoms. The third kappa shape index (κ3) is 2.48. The maximum Gasteiger partial charge on any atom is 0.327 e. The number of aromatic nitrogens is 2. The van der Waals surface area contributed by atoms with Gasteiger partial charge in [-0.1, -0.05) is 0 Å².